The molecule has 1 aliphatic heterocycles. The molecule has 2 rings (SSSR count). The smallest absolute Gasteiger partial charge is 0.224 e. The van der Waals surface area contributed by atoms with Crippen molar-refractivity contribution in [2.75, 3.05) is 19.6 Å². The van der Waals surface area contributed by atoms with Gasteiger partial charge in [0.05, 0.1) is 5.92 Å². The Balaban J connectivity index is 0.00000162. The summed E-state index contributed by atoms with van der Waals surface area (Å²) in [4.78, 5) is 11.8. The molecule has 0 spiro atoms. The largest absolute Gasteiger partial charge is 0.355 e. The third kappa shape index (κ3) is 4.00. The van der Waals surface area contributed by atoms with E-state index in [2.05, 4.69) is 29.7 Å². The number of benzene rings is 1. The number of halogens is 1. The average molecular weight is 269 g/mol. The van der Waals surface area contributed by atoms with Crippen molar-refractivity contribution in [1.29, 1.82) is 0 Å². The van der Waals surface area contributed by atoms with Gasteiger partial charge in [-0.15, -0.1) is 12.4 Å². The van der Waals surface area contributed by atoms with Crippen LogP contribution in [0.4, 0.5) is 0 Å². The molecule has 1 fully saturated rings. The van der Waals surface area contributed by atoms with Crippen molar-refractivity contribution in [3.8, 4) is 0 Å². The molecule has 1 saturated heterocycles. The summed E-state index contributed by atoms with van der Waals surface area (Å²) in [5.41, 5.74) is 1.28. The van der Waals surface area contributed by atoms with Crippen molar-refractivity contribution >= 4 is 18.3 Å². The Kier molecular flexibility index (Phi) is 6.16. The quantitative estimate of drug-likeness (QED) is 0.876. The molecule has 2 unspecified atom stereocenters. The zero-order valence-corrected chi connectivity index (χ0v) is 11.5. The predicted octanol–water partition coefficient (Wildman–Crippen LogP) is 1.94. The minimum atomic E-state index is 0. The summed E-state index contributed by atoms with van der Waals surface area (Å²) in [6, 6.07) is 10.3. The maximum atomic E-state index is 11.8. The Bertz CT molecular complexity index is 363. The molecule has 1 aromatic rings. The maximum Gasteiger partial charge on any atom is 0.224 e. The van der Waals surface area contributed by atoms with E-state index in [1.165, 1.54) is 5.56 Å². The van der Waals surface area contributed by atoms with Crippen molar-refractivity contribution in [3.05, 3.63) is 35.9 Å². The van der Waals surface area contributed by atoms with Gasteiger partial charge in [-0.25, -0.2) is 0 Å². The maximum absolute atomic E-state index is 11.8. The summed E-state index contributed by atoms with van der Waals surface area (Å²) in [7, 11) is 0. The van der Waals surface area contributed by atoms with Crippen LogP contribution < -0.4 is 10.6 Å². The minimum absolute atomic E-state index is 0. The van der Waals surface area contributed by atoms with E-state index < -0.39 is 0 Å². The number of carbonyl (C=O) groups is 1. The lowest BCUT2D eigenvalue weighted by Crippen LogP contribution is -2.34. The summed E-state index contributed by atoms with van der Waals surface area (Å²) in [6.07, 6.45) is 0.964. The third-order valence-corrected chi connectivity index (χ3v) is 3.38. The second-order valence-electron chi connectivity index (χ2n) is 4.75. The average Bonchev–Trinajstić information content (AvgIpc) is 2.90. The summed E-state index contributed by atoms with van der Waals surface area (Å²) in [6.45, 7) is 4.65. The molecule has 0 aliphatic carbocycles. The number of rotatable bonds is 4. The number of carbonyl (C=O) groups excluding carboxylic acids is 1. The van der Waals surface area contributed by atoms with E-state index in [0.717, 1.165) is 26.1 Å². The number of amides is 1. The zero-order chi connectivity index (χ0) is 12.1. The Morgan fingerprint density at radius 1 is 1.44 bits per heavy atom. The first kappa shape index (κ1) is 15.0. The van der Waals surface area contributed by atoms with Crippen molar-refractivity contribution in [2.24, 2.45) is 5.92 Å². The highest BCUT2D eigenvalue weighted by Gasteiger charge is 2.22. The molecular formula is C14H21ClN2O. The van der Waals surface area contributed by atoms with E-state index in [0.29, 0.717) is 5.92 Å². The predicted molar refractivity (Wildman–Crippen MR) is 76.1 cm³/mol. The fourth-order valence-electron chi connectivity index (χ4n) is 2.18. The van der Waals surface area contributed by atoms with Crippen molar-refractivity contribution < 1.29 is 4.79 Å². The lowest BCUT2D eigenvalue weighted by molar-refractivity contribution is -0.124. The molecule has 2 N–H and O–H groups in total. The summed E-state index contributed by atoms with van der Waals surface area (Å²) >= 11 is 0. The lowest BCUT2D eigenvalue weighted by Gasteiger charge is -2.15. The molecule has 1 aromatic carbocycles. The summed E-state index contributed by atoms with van der Waals surface area (Å²) in [5, 5.41) is 6.26. The van der Waals surface area contributed by atoms with Gasteiger partial charge in [-0.1, -0.05) is 37.3 Å². The van der Waals surface area contributed by atoms with Crippen LogP contribution in [0.15, 0.2) is 30.3 Å². The first-order valence-corrected chi connectivity index (χ1v) is 6.30. The van der Waals surface area contributed by atoms with Crippen LogP contribution in [0.2, 0.25) is 0 Å². The van der Waals surface area contributed by atoms with Crippen LogP contribution in [0.25, 0.3) is 0 Å². The Labute approximate surface area is 115 Å². The van der Waals surface area contributed by atoms with E-state index in [-0.39, 0.29) is 24.2 Å². The second kappa shape index (κ2) is 7.39. The Morgan fingerprint density at radius 3 is 2.78 bits per heavy atom. The van der Waals surface area contributed by atoms with Crippen molar-refractivity contribution in [1.82, 2.24) is 10.6 Å². The number of nitrogens with one attached hydrogen (secondary N) is 2. The molecular weight excluding hydrogens is 248 g/mol. The van der Waals surface area contributed by atoms with Gasteiger partial charge < -0.3 is 10.6 Å². The number of hydrogen-bond acceptors (Lipinski definition) is 2. The fourth-order valence-corrected chi connectivity index (χ4v) is 2.18. The van der Waals surface area contributed by atoms with Gasteiger partial charge in [0.2, 0.25) is 5.91 Å². The van der Waals surface area contributed by atoms with Gasteiger partial charge in [0.25, 0.3) is 0 Å². The van der Waals surface area contributed by atoms with E-state index in [1.54, 1.807) is 0 Å². The van der Waals surface area contributed by atoms with E-state index in [1.807, 2.05) is 18.2 Å². The van der Waals surface area contributed by atoms with Crippen LogP contribution in [-0.2, 0) is 4.79 Å². The Hall–Kier alpha value is -1.06. The third-order valence-electron chi connectivity index (χ3n) is 3.38. The van der Waals surface area contributed by atoms with Gasteiger partial charge in [0.15, 0.2) is 0 Å². The molecule has 0 radical (unpaired) electrons. The molecule has 100 valence electrons. The SMILES string of the molecule is CC(CNC(=O)C1CCNC1)c1ccccc1.Cl. The molecule has 1 heterocycles. The Morgan fingerprint density at radius 2 is 2.17 bits per heavy atom. The lowest BCUT2D eigenvalue weighted by atomic mass is 10.0. The standard InChI is InChI=1S/C14H20N2O.ClH/c1-11(12-5-3-2-4-6-12)9-16-14(17)13-7-8-15-10-13;/h2-6,11,13,15H,7-10H2,1H3,(H,16,17);1H. The van der Waals surface area contributed by atoms with Crippen LogP contribution in [-0.4, -0.2) is 25.5 Å². The highest BCUT2D eigenvalue weighted by atomic mass is 35.5. The normalized spacial score (nSPS) is 19.9. The van der Waals surface area contributed by atoms with Gasteiger partial charge in [0.1, 0.15) is 0 Å². The minimum Gasteiger partial charge on any atom is -0.355 e. The summed E-state index contributed by atoms with van der Waals surface area (Å²) in [5.74, 6) is 0.727. The first-order valence-electron chi connectivity index (χ1n) is 6.30. The highest BCUT2D eigenvalue weighted by Crippen LogP contribution is 2.14. The van der Waals surface area contributed by atoms with E-state index in [9.17, 15) is 4.79 Å². The summed E-state index contributed by atoms with van der Waals surface area (Å²) < 4.78 is 0. The van der Waals surface area contributed by atoms with Crippen LogP contribution in [0, 0.1) is 5.92 Å². The van der Waals surface area contributed by atoms with Crippen molar-refractivity contribution in [3.63, 3.8) is 0 Å². The molecule has 4 heteroatoms. The molecule has 0 aromatic heterocycles. The topological polar surface area (TPSA) is 41.1 Å². The zero-order valence-electron chi connectivity index (χ0n) is 10.7. The monoisotopic (exact) mass is 268 g/mol. The van der Waals surface area contributed by atoms with Crippen molar-refractivity contribution in [2.45, 2.75) is 19.3 Å². The van der Waals surface area contributed by atoms with Gasteiger partial charge in [0, 0.05) is 13.1 Å². The molecule has 0 saturated carbocycles. The molecule has 1 amide bonds. The van der Waals surface area contributed by atoms with Crippen LogP contribution in [0.1, 0.15) is 24.8 Å². The molecule has 18 heavy (non-hydrogen) atoms. The fraction of sp³-hybridized carbons (Fsp3) is 0.500. The molecule has 0 bridgehead atoms. The number of hydrogen-bond donors (Lipinski definition) is 2. The van der Waals surface area contributed by atoms with Crippen LogP contribution >= 0.6 is 12.4 Å². The van der Waals surface area contributed by atoms with Gasteiger partial charge in [-0.3, -0.25) is 4.79 Å². The highest BCUT2D eigenvalue weighted by molar-refractivity contribution is 5.85. The van der Waals surface area contributed by atoms with Crippen LogP contribution in [0.5, 0.6) is 0 Å². The second-order valence-corrected chi connectivity index (χ2v) is 4.75. The first-order chi connectivity index (χ1) is 8.27. The van der Waals surface area contributed by atoms with Gasteiger partial charge in [-0.05, 0) is 24.4 Å². The van der Waals surface area contributed by atoms with Gasteiger partial charge >= 0.3 is 0 Å². The van der Waals surface area contributed by atoms with Gasteiger partial charge in [-0.2, -0.15) is 0 Å². The van der Waals surface area contributed by atoms with E-state index >= 15 is 0 Å². The molecule has 1 aliphatic rings. The molecule has 3 nitrogen and oxygen atoms in total. The molecule has 2 atom stereocenters. The van der Waals surface area contributed by atoms with E-state index in [4.69, 9.17) is 0 Å². The van der Waals surface area contributed by atoms with Crippen LogP contribution in [0.3, 0.4) is 0 Å².